The first-order chi connectivity index (χ1) is 7.86. The third kappa shape index (κ3) is 2.71. The predicted molar refractivity (Wildman–Crippen MR) is 67.8 cm³/mol. The fourth-order valence-corrected chi connectivity index (χ4v) is 2.69. The molecule has 1 aliphatic heterocycles. The summed E-state index contributed by atoms with van der Waals surface area (Å²) in [7, 11) is 1.54. The van der Waals surface area contributed by atoms with Crippen molar-refractivity contribution >= 4 is 0 Å². The highest BCUT2D eigenvalue weighted by molar-refractivity contribution is 5.15. The highest BCUT2D eigenvalue weighted by Crippen LogP contribution is 2.42. The van der Waals surface area contributed by atoms with Crippen LogP contribution in [0.1, 0.15) is 34.1 Å². The van der Waals surface area contributed by atoms with Crippen molar-refractivity contribution in [3.8, 4) is 0 Å². The maximum absolute atomic E-state index is 15.0. The highest BCUT2D eigenvalue weighted by Gasteiger charge is 2.56. The first-order valence-electron chi connectivity index (χ1n) is 6.37. The van der Waals surface area contributed by atoms with Crippen LogP contribution in [0.15, 0.2) is 12.7 Å². The van der Waals surface area contributed by atoms with Crippen LogP contribution in [-0.2, 0) is 9.47 Å². The Bertz CT molecular complexity index is 265. The van der Waals surface area contributed by atoms with E-state index in [4.69, 9.17) is 9.47 Å². The minimum Gasteiger partial charge on any atom is -0.375 e. The minimum absolute atomic E-state index is 0.104. The summed E-state index contributed by atoms with van der Waals surface area (Å²) in [6.07, 6.45) is 0.965. The molecule has 0 aromatic rings. The fourth-order valence-electron chi connectivity index (χ4n) is 2.69. The van der Waals surface area contributed by atoms with Gasteiger partial charge in [-0.3, -0.25) is 0 Å². The topological polar surface area (TPSA) is 18.5 Å². The molecule has 0 spiro atoms. The number of methoxy groups -OCH3 is 1. The molecule has 0 saturated carbocycles. The van der Waals surface area contributed by atoms with Gasteiger partial charge in [0.15, 0.2) is 5.67 Å². The Kier molecular flexibility index (Phi) is 4.73. The van der Waals surface area contributed by atoms with E-state index < -0.39 is 17.9 Å². The van der Waals surface area contributed by atoms with Crippen LogP contribution in [0.2, 0.25) is 0 Å². The fraction of sp³-hybridized carbons (Fsp3) is 0.857. The molecule has 1 aliphatic rings. The zero-order chi connectivity index (χ0) is 13.2. The average Bonchev–Trinajstić information content (AvgIpc) is 2.51. The van der Waals surface area contributed by atoms with Crippen LogP contribution >= 0.6 is 0 Å². The van der Waals surface area contributed by atoms with Crippen molar-refractivity contribution in [1.82, 2.24) is 0 Å². The molecule has 0 amide bonds. The molecule has 0 aromatic carbocycles. The summed E-state index contributed by atoms with van der Waals surface area (Å²) in [5.74, 6) is 0.561. The predicted octanol–water partition coefficient (Wildman–Crippen LogP) is 3.37. The molecule has 0 radical (unpaired) electrons. The molecule has 0 aliphatic carbocycles. The molecule has 1 rings (SSSR count). The normalized spacial score (nSPS) is 38.0. The van der Waals surface area contributed by atoms with Crippen LogP contribution in [-0.4, -0.2) is 31.1 Å². The van der Waals surface area contributed by atoms with Crippen molar-refractivity contribution in [2.24, 2.45) is 11.8 Å². The second-order valence-corrected chi connectivity index (χ2v) is 5.66. The largest absolute Gasteiger partial charge is 0.375 e. The van der Waals surface area contributed by atoms with E-state index in [0.29, 0.717) is 5.92 Å². The van der Waals surface area contributed by atoms with Crippen LogP contribution < -0.4 is 0 Å². The van der Waals surface area contributed by atoms with Gasteiger partial charge in [0.05, 0.1) is 6.10 Å². The van der Waals surface area contributed by atoms with E-state index >= 15 is 0 Å². The quantitative estimate of drug-likeness (QED) is 0.690. The Balaban J connectivity index is 2.96. The summed E-state index contributed by atoms with van der Waals surface area (Å²) >= 11 is 0. The molecule has 2 nitrogen and oxygen atoms in total. The van der Waals surface area contributed by atoms with E-state index in [0.717, 1.165) is 6.42 Å². The van der Waals surface area contributed by atoms with Gasteiger partial charge < -0.3 is 9.47 Å². The summed E-state index contributed by atoms with van der Waals surface area (Å²) in [5, 5.41) is 0. The lowest BCUT2D eigenvalue weighted by atomic mass is 9.85. The Morgan fingerprint density at radius 3 is 2.35 bits per heavy atom. The van der Waals surface area contributed by atoms with Gasteiger partial charge in [0.1, 0.15) is 12.2 Å². The van der Waals surface area contributed by atoms with Crippen molar-refractivity contribution in [1.29, 1.82) is 0 Å². The monoisotopic (exact) mass is 244 g/mol. The van der Waals surface area contributed by atoms with Crippen molar-refractivity contribution in [3.05, 3.63) is 12.7 Å². The number of rotatable bonds is 5. The standard InChI is InChI=1S/C14H25FO2/c1-7-14(15)12(10(4)5)17-11(8-9(2)3)13(14)16-6/h7,9-13H,1,8H2,2-6H3/t11-,12+,13-,14+/m1/s1. The van der Waals surface area contributed by atoms with Gasteiger partial charge in [-0.2, -0.15) is 0 Å². The smallest absolute Gasteiger partial charge is 0.183 e. The van der Waals surface area contributed by atoms with E-state index in [1.807, 2.05) is 13.8 Å². The maximum Gasteiger partial charge on any atom is 0.183 e. The van der Waals surface area contributed by atoms with Crippen molar-refractivity contribution in [3.63, 3.8) is 0 Å². The van der Waals surface area contributed by atoms with Crippen LogP contribution in [0, 0.1) is 11.8 Å². The van der Waals surface area contributed by atoms with E-state index in [-0.39, 0.29) is 12.0 Å². The summed E-state index contributed by atoms with van der Waals surface area (Å²) in [6, 6.07) is 0. The van der Waals surface area contributed by atoms with Gasteiger partial charge in [0.2, 0.25) is 0 Å². The molecule has 0 aromatic heterocycles. The zero-order valence-electron chi connectivity index (χ0n) is 11.6. The molecule has 0 unspecified atom stereocenters. The number of ether oxygens (including phenoxy) is 2. The van der Waals surface area contributed by atoms with Crippen molar-refractivity contribution in [2.75, 3.05) is 7.11 Å². The third-order valence-electron chi connectivity index (χ3n) is 3.41. The van der Waals surface area contributed by atoms with Gasteiger partial charge in [0.25, 0.3) is 0 Å². The summed E-state index contributed by atoms with van der Waals surface area (Å²) < 4.78 is 26.2. The molecule has 1 saturated heterocycles. The second-order valence-electron chi connectivity index (χ2n) is 5.66. The van der Waals surface area contributed by atoms with Gasteiger partial charge in [0, 0.05) is 7.11 Å². The molecule has 1 fully saturated rings. The number of alkyl halides is 1. The first kappa shape index (κ1) is 14.7. The van der Waals surface area contributed by atoms with Gasteiger partial charge in [-0.15, -0.1) is 0 Å². The molecular weight excluding hydrogens is 219 g/mol. The Morgan fingerprint density at radius 1 is 1.41 bits per heavy atom. The average molecular weight is 244 g/mol. The summed E-state index contributed by atoms with van der Waals surface area (Å²) in [6.45, 7) is 11.8. The lowest BCUT2D eigenvalue weighted by Crippen LogP contribution is -2.45. The Labute approximate surface area is 104 Å². The summed E-state index contributed by atoms with van der Waals surface area (Å²) in [4.78, 5) is 0. The maximum atomic E-state index is 15.0. The number of hydrogen-bond donors (Lipinski definition) is 0. The van der Waals surface area contributed by atoms with Crippen LogP contribution in [0.5, 0.6) is 0 Å². The van der Waals surface area contributed by atoms with Gasteiger partial charge in [-0.1, -0.05) is 34.3 Å². The number of hydrogen-bond acceptors (Lipinski definition) is 2. The SMILES string of the molecule is C=C[C@@]1(F)[C@H](OC)[C@@H](CC(C)C)O[C@H]1C(C)C. The highest BCUT2D eigenvalue weighted by atomic mass is 19.1. The molecule has 0 bridgehead atoms. The molecule has 4 atom stereocenters. The van der Waals surface area contributed by atoms with Crippen LogP contribution in [0.4, 0.5) is 4.39 Å². The van der Waals surface area contributed by atoms with Crippen LogP contribution in [0.3, 0.4) is 0 Å². The van der Waals surface area contributed by atoms with Gasteiger partial charge in [-0.25, -0.2) is 4.39 Å². The molecule has 1 heterocycles. The molecule has 3 heteroatoms. The van der Waals surface area contributed by atoms with Gasteiger partial charge >= 0.3 is 0 Å². The van der Waals surface area contributed by atoms with Crippen molar-refractivity contribution in [2.45, 2.75) is 58.1 Å². The van der Waals surface area contributed by atoms with Crippen LogP contribution in [0.25, 0.3) is 0 Å². The van der Waals surface area contributed by atoms with E-state index in [2.05, 4.69) is 20.4 Å². The third-order valence-corrected chi connectivity index (χ3v) is 3.41. The Hall–Kier alpha value is -0.410. The minimum atomic E-state index is -1.58. The molecule has 17 heavy (non-hydrogen) atoms. The molecule has 100 valence electrons. The van der Waals surface area contributed by atoms with Gasteiger partial charge in [-0.05, 0) is 24.3 Å². The Morgan fingerprint density at radius 2 is 2.00 bits per heavy atom. The lowest BCUT2D eigenvalue weighted by Gasteiger charge is -2.29. The van der Waals surface area contributed by atoms with Crippen molar-refractivity contribution < 1.29 is 13.9 Å². The number of halogens is 1. The molecular formula is C14H25FO2. The second kappa shape index (κ2) is 5.49. The lowest BCUT2D eigenvalue weighted by molar-refractivity contribution is -0.0266. The zero-order valence-corrected chi connectivity index (χ0v) is 11.6. The van der Waals surface area contributed by atoms with E-state index in [1.165, 1.54) is 6.08 Å². The summed E-state index contributed by atoms with van der Waals surface area (Å²) in [5.41, 5.74) is -1.58. The first-order valence-corrected chi connectivity index (χ1v) is 6.37. The molecule has 0 N–H and O–H groups in total. The van der Waals surface area contributed by atoms with E-state index in [1.54, 1.807) is 7.11 Å². The van der Waals surface area contributed by atoms with E-state index in [9.17, 15) is 4.39 Å².